The van der Waals surface area contributed by atoms with Crippen molar-refractivity contribution in [2.24, 2.45) is 5.92 Å². The van der Waals surface area contributed by atoms with Crippen LogP contribution in [0.25, 0.3) is 0 Å². The molecule has 0 saturated carbocycles. The molecule has 3 aliphatic rings. The predicted octanol–water partition coefficient (Wildman–Crippen LogP) is 3.61. The first-order valence-electron chi connectivity index (χ1n) is 12.2. The standard InChI is InChI=1S/C26H32N2O5S/c1-18(21-7-9-24-25(17-21)33-15-14-32-24)27-26(29)20-10-12-28(13-11-20)34(30,31)23-8-6-19-4-2-3-5-22(19)16-23/h6-9,16-18,20H,2-5,10-15H2,1H3,(H,27,29)/t18-/m0/s1. The van der Waals surface area contributed by atoms with Gasteiger partial charge in [-0.05, 0) is 86.4 Å². The van der Waals surface area contributed by atoms with Crippen LogP contribution in [0.2, 0.25) is 0 Å². The maximum absolute atomic E-state index is 13.2. The summed E-state index contributed by atoms with van der Waals surface area (Å²) in [6.45, 7) is 3.72. The molecule has 182 valence electrons. The Balaban J connectivity index is 1.19. The van der Waals surface area contributed by atoms with E-state index in [9.17, 15) is 13.2 Å². The summed E-state index contributed by atoms with van der Waals surface area (Å²) in [5.74, 6) is 1.19. The van der Waals surface area contributed by atoms with Crippen molar-refractivity contribution in [1.82, 2.24) is 9.62 Å². The topological polar surface area (TPSA) is 84.9 Å². The van der Waals surface area contributed by atoms with Crippen molar-refractivity contribution in [3.8, 4) is 11.5 Å². The maximum atomic E-state index is 13.2. The van der Waals surface area contributed by atoms with Crippen LogP contribution in [0.4, 0.5) is 0 Å². The summed E-state index contributed by atoms with van der Waals surface area (Å²) in [6, 6.07) is 11.1. The molecular weight excluding hydrogens is 452 g/mol. The Morgan fingerprint density at radius 2 is 1.68 bits per heavy atom. The molecule has 0 spiro atoms. The van der Waals surface area contributed by atoms with Gasteiger partial charge in [-0.2, -0.15) is 4.31 Å². The molecule has 2 aromatic rings. The lowest BCUT2D eigenvalue weighted by atomic mass is 9.92. The van der Waals surface area contributed by atoms with E-state index in [2.05, 4.69) is 5.32 Å². The first-order chi connectivity index (χ1) is 16.4. The number of fused-ring (bicyclic) bond motifs is 2. The van der Waals surface area contributed by atoms with Gasteiger partial charge in [-0.15, -0.1) is 0 Å². The van der Waals surface area contributed by atoms with E-state index in [0.29, 0.717) is 49.8 Å². The Bertz CT molecular complexity index is 1170. The number of carbonyl (C=O) groups is 1. The molecule has 8 heteroatoms. The van der Waals surface area contributed by atoms with E-state index >= 15 is 0 Å². The van der Waals surface area contributed by atoms with Gasteiger partial charge in [0.25, 0.3) is 0 Å². The van der Waals surface area contributed by atoms with Crippen molar-refractivity contribution in [3.63, 3.8) is 0 Å². The number of hydrogen-bond donors (Lipinski definition) is 1. The average Bonchev–Trinajstić information content (AvgIpc) is 2.88. The van der Waals surface area contributed by atoms with Gasteiger partial charge in [-0.3, -0.25) is 4.79 Å². The van der Waals surface area contributed by atoms with E-state index in [1.165, 1.54) is 16.3 Å². The number of sulfonamides is 1. The number of piperidine rings is 1. The second-order valence-electron chi connectivity index (χ2n) is 9.45. The third kappa shape index (κ3) is 4.66. The number of hydrogen-bond acceptors (Lipinski definition) is 5. The highest BCUT2D eigenvalue weighted by atomic mass is 32.2. The lowest BCUT2D eigenvalue weighted by Gasteiger charge is -2.31. The van der Waals surface area contributed by atoms with Crippen molar-refractivity contribution in [2.75, 3.05) is 26.3 Å². The van der Waals surface area contributed by atoms with E-state index in [1.807, 2.05) is 37.3 Å². The monoisotopic (exact) mass is 484 g/mol. The van der Waals surface area contributed by atoms with Gasteiger partial charge < -0.3 is 14.8 Å². The van der Waals surface area contributed by atoms with Crippen LogP contribution in [0.3, 0.4) is 0 Å². The molecule has 1 amide bonds. The Hall–Kier alpha value is -2.58. The number of amides is 1. The highest BCUT2D eigenvalue weighted by Crippen LogP contribution is 2.33. The number of nitrogens with zero attached hydrogens (tertiary/aromatic N) is 1. The Morgan fingerprint density at radius 1 is 0.971 bits per heavy atom. The molecule has 1 aliphatic carbocycles. The van der Waals surface area contributed by atoms with Gasteiger partial charge in [0.15, 0.2) is 11.5 Å². The van der Waals surface area contributed by atoms with Crippen LogP contribution < -0.4 is 14.8 Å². The van der Waals surface area contributed by atoms with Gasteiger partial charge in [0.1, 0.15) is 13.2 Å². The van der Waals surface area contributed by atoms with Crippen LogP contribution in [0.5, 0.6) is 11.5 Å². The first kappa shape index (κ1) is 23.2. The summed E-state index contributed by atoms with van der Waals surface area (Å²) >= 11 is 0. The van der Waals surface area contributed by atoms with Crippen LogP contribution in [-0.4, -0.2) is 44.9 Å². The predicted molar refractivity (Wildman–Crippen MR) is 129 cm³/mol. The summed E-state index contributed by atoms with van der Waals surface area (Å²) < 4.78 is 39.2. The van der Waals surface area contributed by atoms with Crippen LogP contribution in [0, 0.1) is 5.92 Å². The summed E-state index contributed by atoms with van der Waals surface area (Å²) in [4.78, 5) is 13.3. The van der Waals surface area contributed by atoms with Crippen molar-refractivity contribution >= 4 is 15.9 Å². The molecule has 0 aromatic heterocycles. The largest absolute Gasteiger partial charge is 0.486 e. The van der Waals surface area contributed by atoms with E-state index in [0.717, 1.165) is 36.1 Å². The number of ether oxygens (including phenoxy) is 2. The highest BCUT2D eigenvalue weighted by Gasteiger charge is 2.33. The average molecular weight is 485 g/mol. The second kappa shape index (κ2) is 9.58. The number of carbonyl (C=O) groups excluding carboxylic acids is 1. The van der Waals surface area contributed by atoms with E-state index in [4.69, 9.17) is 9.47 Å². The zero-order chi connectivity index (χ0) is 23.7. The maximum Gasteiger partial charge on any atom is 0.243 e. The molecular formula is C26H32N2O5S. The lowest BCUT2D eigenvalue weighted by molar-refractivity contribution is -0.126. The van der Waals surface area contributed by atoms with Gasteiger partial charge >= 0.3 is 0 Å². The van der Waals surface area contributed by atoms with Gasteiger partial charge in [-0.1, -0.05) is 12.1 Å². The zero-order valence-electron chi connectivity index (χ0n) is 19.6. The molecule has 0 unspecified atom stereocenters. The van der Waals surface area contributed by atoms with E-state index in [1.54, 1.807) is 6.07 Å². The minimum atomic E-state index is -3.54. The Kier molecular flexibility index (Phi) is 6.53. The first-order valence-corrected chi connectivity index (χ1v) is 13.7. The highest BCUT2D eigenvalue weighted by molar-refractivity contribution is 7.89. The van der Waals surface area contributed by atoms with Crippen molar-refractivity contribution in [1.29, 1.82) is 0 Å². The van der Waals surface area contributed by atoms with Gasteiger partial charge in [0, 0.05) is 19.0 Å². The molecule has 1 fully saturated rings. The van der Waals surface area contributed by atoms with Gasteiger partial charge in [-0.25, -0.2) is 8.42 Å². The quantitative estimate of drug-likeness (QED) is 0.701. The van der Waals surface area contributed by atoms with Crippen molar-refractivity contribution in [2.45, 2.75) is 56.4 Å². The lowest BCUT2D eigenvalue weighted by Crippen LogP contribution is -2.43. The van der Waals surface area contributed by atoms with Crippen molar-refractivity contribution in [3.05, 3.63) is 53.1 Å². The number of nitrogens with one attached hydrogen (secondary N) is 1. The molecule has 1 N–H and O–H groups in total. The number of aryl methyl sites for hydroxylation is 2. The van der Waals surface area contributed by atoms with Crippen LogP contribution in [0.15, 0.2) is 41.3 Å². The fraction of sp³-hybridized carbons (Fsp3) is 0.500. The smallest absolute Gasteiger partial charge is 0.243 e. The SMILES string of the molecule is C[C@H](NC(=O)C1CCN(S(=O)(=O)c2ccc3c(c2)CCCC3)CC1)c1ccc2c(c1)OCCO2. The summed E-state index contributed by atoms with van der Waals surface area (Å²) in [6.07, 6.45) is 5.29. The molecule has 1 atom stereocenters. The normalized spacial score (nSPS) is 19.8. The van der Waals surface area contributed by atoms with E-state index in [-0.39, 0.29) is 17.9 Å². The van der Waals surface area contributed by atoms with Crippen LogP contribution in [0.1, 0.15) is 55.3 Å². The Morgan fingerprint density at radius 3 is 2.44 bits per heavy atom. The van der Waals surface area contributed by atoms with Crippen molar-refractivity contribution < 1.29 is 22.7 Å². The minimum absolute atomic E-state index is 0.0341. The second-order valence-corrected chi connectivity index (χ2v) is 11.4. The summed E-state index contributed by atoms with van der Waals surface area (Å²) in [5, 5.41) is 3.09. The fourth-order valence-corrected chi connectivity index (χ4v) is 6.64. The number of benzene rings is 2. The van der Waals surface area contributed by atoms with Crippen LogP contribution >= 0.6 is 0 Å². The van der Waals surface area contributed by atoms with Gasteiger partial charge in [0.2, 0.25) is 15.9 Å². The molecule has 2 aliphatic heterocycles. The number of rotatable bonds is 5. The summed E-state index contributed by atoms with van der Waals surface area (Å²) in [7, 11) is -3.54. The van der Waals surface area contributed by atoms with Gasteiger partial charge in [0.05, 0.1) is 10.9 Å². The molecule has 0 radical (unpaired) electrons. The van der Waals surface area contributed by atoms with Crippen LogP contribution in [-0.2, 0) is 27.7 Å². The molecule has 34 heavy (non-hydrogen) atoms. The third-order valence-electron chi connectivity index (χ3n) is 7.21. The molecule has 0 bridgehead atoms. The fourth-order valence-electron chi connectivity index (χ4n) is 5.12. The molecule has 1 saturated heterocycles. The Labute approximate surface area is 201 Å². The third-order valence-corrected chi connectivity index (χ3v) is 9.10. The molecule has 2 heterocycles. The zero-order valence-corrected chi connectivity index (χ0v) is 20.4. The molecule has 2 aromatic carbocycles. The molecule has 5 rings (SSSR count). The minimum Gasteiger partial charge on any atom is -0.486 e. The molecule has 7 nitrogen and oxygen atoms in total. The van der Waals surface area contributed by atoms with E-state index < -0.39 is 10.0 Å². The summed E-state index contributed by atoms with van der Waals surface area (Å²) in [5.41, 5.74) is 3.38.